The van der Waals surface area contributed by atoms with Gasteiger partial charge in [-0.2, -0.15) is 5.26 Å². The van der Waals surface area contributed by atoms with Gasteiger partial charge in [-0.25, -0.2) is 4.98 Å². The Morgan fingerprint density at radius 2 is 2.45 bits per heavy atom. The zero-order valence-electron chi connectivity index (χ0n) is 5.84. The third-order valence-electron chi connectivity index (χ3n) is 1.13. The summed E-state index contributed by atoms with van der Waals surface area (Å²) in [5.41, 5.74) is 0.427. The Kier molecular flexibility index (Phi) is 2.29. The maximum Gasteiger partial charge on any atom is 0.232 e. The van der Waals surface area contributed by atoms with Crippen molar-refractivity contribution < 1.29 is 4.74 Å². The minimum Gasteiger partial charge on any atom is -0.480 e. The molecule has 3 nitrogen and oxygen atoms in total. The Hall–Kier alpha value is -1.27. The van der Waals surface area contributed by atoms with E-state index in [-0.39, 0.29) is 0 Å². The molecule has 0 aromatic carbocycles. The highest BCUT2D eigenvalue weighted by Gasteiger charge is 2.01. The van der Waals surface area contributed by atoms with Crippen molar-refractivity contribution in [1.29, 1.82) is 5.26 Å². The molecule has 0 spiro atoms. The van der Waals surface area contributed by atoms with Gasteiger partial charge in [-0.05, 0) is 6.07 Å². The Bertz CT molecular complexity index is 306. The maximum absolute atomic E-state index is 8.44. The molecule has 1 aromatic heterocycles. The van der Waals surface area contributed by atoms with Gasteiger partial charge in [0.15, 0.2) is 0 Å². The van der Waals surface area contributed by atoms with E-state index in [1.807, 2.05) is 6.07 Å². The topological polar surface area (TPSA) is 45.9 Å². The molecule has 0 aliphatic rings. The lowest BCUT2D eigenvalue weighted by Gasteiger charge is -1.99. The van der Waals surface area contributed by atoms with Crippen molar-refractivity contribution in [3.8, 4) is 11.9 Å². The van der Waals surface area contributed by atoms with Crippen molar-refractivity contribution in [3.05, 3.63) is 22.8 Å². The summed E-state index contributed by atoms with van der Waals surface area (Å²) in [6.45, 7) is 0. The van der Waals surface area contributed by atoms with Crippen molar-refractivity contribution >= 4 is 11.6 Å². The summed E-state index contributed by atoms with van der Waals surface area (Å²) in [5.74, 6) is 0.339. The second-order valence-electron chi connectivity index (χ2n) is 1.83. The Labute approximate surface area is 69.2 Å². The number of hydrogen-bond acceptors (Lipinski definition) is 3. The quantitative estimate of drug-likeness (QED) is 0.640. The Morgan fingerprint density at radius 3 is 2.91 bits per heavy atom. The second kappa shape index (κ2) is 3.22. The molecule has 11 heavy (non-hydrogen) atoms. The number of pyridine rings is 1. The molecule has 0 unspecified atom stereocenters. The number of nitriles is 1. The summed E-state index contributed by atoms with van der Waals surface area (Å²) in [4.78, 5) is 3.79. The molecule has 1 aromatic rings. The molecule has 0 radical (unpaired) electrons. The molecule has 0 saturated heterocycles. The van der Waals surface area contributed by atoms with Crippen LogP contribution in [0.3, 0.4) is 0 Å². The first-order chi connectivity index (χ1) is 5.27. The van der Waals surface area contributed by atoms with Gasteiger partial charge < -0.3 is 4.74 Å². The normalized spacial score (nSPS) is 8.82. The summed E-state index contributed by atoms with van der Waals surface area (Å²) >= 11 is 5.67. The molecule has 56 valence electrons. The minimum absolute atomic E-state index is 0.339. The molecule has 4 heteroatoms. The van der Waals surface area contributed by atoms with Crippen molar-refractivity contribution in [2.45, 2.75) is 0 Å². The second-order valence-corrected chi connectivity index (χ2v) is 2.23. The molecule has 0 aliphatic heterocycles. The monoisotopic (exact) mass is 168 g/mol. The zero-order chi connectivity index (χ0) is 8.27. The van der Waals surface area contributed by atoms with E-state index in [0.717, 1.165) is 0 Å². The number of ether oxygens (including phenoxy) is 1. The fourth-order valence-corrected chi connectivity index (χ4v) is 0.880. The largest absolute Gasteiger partial charge is 0.480 e. The molecule has 0 saturated carbocycles. The van der Waals surface area contributed by atoms with Crippen LogP contribution in [0.2, 0.25) is 5.02 Å². The van der Waals surface area contributed by atoms with Gasteiger partial charge in [-0.1, -0.05) is 11.6 Å². The molecule has 0 atom stereocenters. The van der Waals surface area contributed by atoms with Crippen molar-refractivity contribution in [2.75, 3.05) is 7.11 Å². The van der Waals surface area contributed by atoms with E-state index < -0.39 is 0 Å². The van der Waals surface area contributed by atoms with E-state index in [4.69, 9.17) is 21.6 Å². The van der Waals surface area contributed by atoms with Gasteiger partial charge in [0.1, 0.15) is 11.1 Å². The predicted octanol–water partition coefficient (Wildman–Crippen LogP) is 1.62. The van der Waals surface area contributed by atoms with Crippen LogP contribution in [0.4, 0.5) is 0 Å². The smallest absolute Gasteiger partial charge is 0.232 e. The van der Waals surface area contributed by atoms with E-state index in [2.05, 4.69) is 4.98 Å². The lowest BCUT2D eigenvalue weighted by molar-refractivity contribution is 0.398. The summed E-state index contributed by atoms with van der Waals surface area (Å²) in [6.07, 6.45) is 1.41. The highest BCUT2D eigenvalue weighted by Crippen LogP contribution is 2.20. The SMILES string of the molecule is COc1ncc(C#N)cc1Cl. The lowest BCUT2D eigenvalue weighted by atomic mass is 10.3. The molecule has 0 aliphatic carbocycles. The van der Waals surface area contributed by atoms with Gasteiger partial charge in [-0.15, -0.1) is 0 Å². The first-order valence-corrected chi connectivity index (χ1v) is 3.25. The van der Waals surface area contributed by atoms with Crippen molar-refractivity contribution in [1.82, 2.24) is 4.98 Å². The van der Waals surface area contributed by atoms with Crippen molar-refractivity contribution in [2.24, 2.45) is 0 Å². The molecule has 0 N–H and O–H groups in total. The number of hydrogen-bond donors (Lipinski definition) is 0. The first-order valence-electron chi connectivity index (χ1n) is 2.87. The van der Waals surface area contributed by atoms with Crippen LogP contribution in [0.5, 0.6) is 5.88 Å². The number of rotatable bonds is 1. The number of nitrogens with zero attached hydrogens (tertiary/aromatic N) is 2. The minimum atomic E-state index is 0.339. The lowest BCUT2D eigenvalue weighted by Crippen LogP contribution is -1.88. The average molecular weight is 169 g/mol. The average Bonchev–Trinajstić information content (AvgIpc) is 2.04. The van der Waals surface area contributed by atoms with E-state index in [1.165, 1.54) is 19.4 Å². The van der Waals surface area contributed by atoms with Gasteiger partial charge in [0.2, 0.25) is 5.88 Å². The molecule has 0 fully saturated rings. The Morgan fingerprint density at radius 1 is 1.73 bits per heavy atom. The van der Waals surface area contributed by atoms with Gasteiger partial charge in [-0.3, -0.25) is 0 Å². The zero-order valence-corrected chi connectivity index (χ0v) is 6.59. The van der Waals surface area contributed by atoms with Crippen LogP contribution in [0.15, 0.2) is 12.3 Å². The third kappa shape index (κ3) is 1.60. The highest BCUT2D eigenvalue weighted by atomic mass is 35.5. The van der Waals surface area contributed by atoms with Crippen LogP contribution >= 0.6 is 11.6 Å². The summed E-state index contributed by atoms with van der Waals surface area (Å²) in [7, 11) is 1.47. The van der Waals surface area contributed by atoms with Gasteiger partial charge in [0.05, 0.1) is 12.7 Å². The van der Waals surface area contributed by atoms with Gasteiger partial charge in [0.25, 0.3) is 0 Å². The molecule has 1 rings (SSSR count). The number of aromatic nitrogens is 1. The van der Waals surface area contributed by atoms with Gasteiger partial charge in [0, 0.05) is 6.20 Å². The summed E-state index contributed by atoms with van der Waals surface area (Å²) in [6, 6.07) is 3.42. The fourth-order valence-electron chi connectivity index (χ4n) is 0.637. The van der Waals surface area contributed by atoms with Crippen LogP contribution < -0.4 is 4.74 Å². The number of halogens is 1. The van der Waals surface area contributed by atoms with E-state index in [9.17, 15) is 0 Å². The van der Waals surface area contributed by atoms with Crippen molar-refractivity contribution in [3.63, 3.8) is 0 Å². The fraction of sp³-hybridized carbons (Fsp3) is 0.143. The highest BCUT2D eigenvalue weighted by molar-refractivity contribution is 6.31. The van der Waals surface area contributed by atoms with Crippen LogP contribution in [0.1, 0.15) is 5.56 Å². The molecule has 0 bridgehead atoms. The maximum atomic E-state index is 8.44. The van der Waals surface area contributed by atoms with Crippen LogP contribution in [0.25, 0.3) is 0 Å². The first kappa shape index (κ1) is 7.83. The summed E-state index contributed by atoms with van der Waals surface area (Å²) in [5, 5.41) is 8.79. The standard InChI is InChI=1S/C7H5ClN2O/c1-11-7-6(8)2-5(3-9)4-10-7/h2,4H,1H3. The van der Waals surface area contributed by atoms with E-state index in [1.54, 1.807) is 0 Å². The van der Waals surface area contributed by atoms with E-state index >= 15 is 0 Å². The van der Waals surface area contributed by atoms with Crippen LogP contribution in [0, 0.1) is 11.3 Å². The molecule has 0 amide bonds. The third-order valence-corrected chi connectivity index (χ3v) is 1.40. The van der Waals surface area contributed by atoms with E-state index in [0.29, 0.717) is 16.5 Å². The number of methoxy groups -OCH3 is 1. The molecular formula is C7H5ClN2O. The van der Waals surface area contributed by atoms with Crippen LogP contribution in [-0.4, -0.2) is 12.1 Å². The van der Waals surface area contributed by atoms with Gasteiger partial charge >= 0.3 is 0 Å². The predicted molar refractivity (Wildman–Crippen MR) is 40.5 cm³/mol. The summed E-state index contributed by atoms with van der Waals surface area (Å²) < 4.78 is 4.79. The molecular weight excluding hydrogens is 164 g/mol. The molecule has 1 heterocycles. The Balaban J connectivity index is 3.12. The van der Waals surface area contributed by atoms with Crippen LogP contribution in [-0.2, 0) is 0 Å².